The number of fused-ring (bicyclic) bond motifs is 1. The number of carboxylic acid groups (broad SMARTS) is 1. The summed E-state index contributed by atoms with van der Waals surface area (Å²) < 4.78 is 0.683. The molecule has 3 aromatic rings. The van der Waals surface area contributed by atoms with Crippen LogP contribution in [-0.2, 0) is 0 Å². The van der Waals surface area contributed by atoms with E-state index in [-0.39, 0.29) is 16.6 Å². The number of hydrogen-bond donors (Lipinski definition) is 2. The van der Waals surface area contributed by atoms with Crippen molar-refractivity contribution in [3.8, 4) is 0 Å². The monoisotopic (exact) mass is 333 g/mol. The lowest BCUT2D eigenvalue weighted by Crippen LogP contribution is -2.11. The van der Waals surface area contributed by atoms with Crippen molar-refractivity contribution in [1.29, 1.82) is 0 Å². The maximum atomic E-state index is 12.1. The Morgan fingerprint density at radius 2 is 2.00 bits per heavy atom. The van der Waals surface area contributed by atoms with Gasteiger partial charge >= 0.3 is 5.97 Å². The predicted octanol–water partition coefficient (Wildman–Crippen LogP) is 3.30. The lowest BCUT2D eigenvalue weighted by Gasteiger charge is -2.00. The van der Waals surface area contributed by atoms with E-state index < -0.39 is 5.97 Å². The summed E-state index contributed by atoms with van der Waals surface area (Å²) in [6, 6.07) is 7.59. The first-order chi connectivity index (χ1) is 10.5. The minimum absolute atomic E-state index is 0.176. The largest absolute Gasteiger partial charge is 0.478 e. The Balaban J connectivity index is 1.87. The molecule has 0 aliphatic carbocycles. The van der Waals surface area contributed by atoms with Crippen molar-refractivity contribution < 1.29 is 14.7 Å². The third-order valence-electron chi connectivity index (χ3n) is 2.84. The maximum absolute atomic E-state index is 12.1. The van der Waals surface area contributed by atoms with Crippen molar-refractivity contribution in [2.45, 2.75) is 0 Å². The summed E-state index contributed by atoms with van der Waals surface area (Å²) in [5.41, 5.74) is 1.17. The summed E-state index contributed by atoms with van der Waals surface area (Å²) in [4.78, 5) is 31.1. The molecule has 22 heavy (non-hydrogen) atoms. The molecule has 8 heteroatoms. The van der Waals surface area contributed by atoms with Crippen LogP contribution in [-0.4, -0.2) is 27.0 Å². The quantitative estimate of drug-likeness (QED) is 0.717. The summed E-state index contributed by atoms with van der Waals surface area (Å²) in [6.07, 6.45) is 1.44. The Morgan fingerprint density at radius 3 is 2.73 bits per heavy atom. The number of carbonyl (C=O) groups excluding carboxylic acids is 1. The van der Waals surface area contributed by atoms with Crippen LogP contribution in [0.25, 0.3) is 10.2 Å². The molecule has 0 saturated heterocycles. The molecule has 0 atom stereocenters. The minimum atomic E-state index is -1.01. The SMILES string of the molecule is O=C(O)c1ccc2nc(NC(=O)c3ccnc(Cl)c3)sc2c1. The summed E-state index contributed by atoms with van der Waals surface area (Å²) in [7, 11) is 0. The summed E-state index contributed by atoms with van der Waals surface area (Å²) in [6.45, 7) is 0. The van der Waals surface area contributed by atoms with Gasteiger partial charge < -0.3 is 5.11 Å². The average Bonchev–Trinajstić information content (AvgIpc) is 2.88. The molecule has 0 aliphatic heterocycles. The van der Waals surface area contributed by atoms with Crippen LogP contribution in [0.5, 0.6) is 0 Å². The van der Waals surface area contributed by atoms with Crippen molar-refractivity contribution in [3.63, 3.8) is 0 Å². The molecule has 0 spiro atoms. The number of nitrogens with zero attached hydrogens (tertiary/aromatic N) is 2. The molecule has 6 nitrogen and oxygen atoms in total. The average molecular weight is 334 g/mol. The molecule has 2 heterocycles. The lowest BCUT2D eigenvalue weighted by molar-refractivity contribution is 0.0697. The number of thiazole rings is 1. The van der Waals surface area contributed by atoms with Gasteiger partial charge in [0, 0.05) is 11.8 Å². The fourth-order valence-electron chi connectivity index (χ4n) is 1.82. The molecule has 2 aromatic heterocycles. The van der Waals surface area contributed by atoms with E-state index >= 15 is 0 Å². The number of aromatic carboxylic acids is 1. The Labute approximate surface area is 133 Å². The van der Waals surface area contributed by atoms with Gasteiger partial charge in [0.1, 0.15) is 5.15 Å². The number of carbonyl (C=O) groups is 2. The van der Waals surface area contributed by atoms with E-state index in [1.54, 1.807) is 6.07 Å². The smallest absolute Gasteiger partial charge is 0.335 e. The zero-order chi connectivity index (χ0) is 15.7. The van der Waals surface area contributed by atoms with Crippen LogP contribution in [0.1, 0.15) is 20.7 Å². The predicted molar refractivity (Wildman–Crippen MR) is 83.8 cm³/mol. The highest BCUT2D eigenvalue weighted by Gasteiger charge is 2.12. The molecule has 0 fully saturated rings. The van der Waals surface area contributed by atoms with Crippen molar-refractivity contribution in [2.24, 2.45) is 0 Å². The second kappa shape index (κ2) is 5.70. The van der Waals surface area contributed by atoms with Crippen LogP contribution >= 0.6 is 22.9 Å². The van der Waals surface area contributed by atoms with Gasteiger partial charge in [-0.25, -0.2) is 14.8 Å². The second-order valence-corrected chi connectivity index (χ2v) is 5.75. The Hall–Kier alpha value is -2.51. The van der Waals surface area contributed by atoms with E-state index in [0.717, 1.165) is 0 Å². The van der Waals surface area contributed by atoms with Crippen molar-refractivity contribution in [2.75, 3.05) is 5.32 Å². The number of anilines is 1. The van der Waals surface area contributed by atoms with Gasteiger partial charge in [-0.2, -0.15) is 0 Å². The summed E-state index contributed by atoms with van der Waals surface area (Å²) in [5.74, 6) is -1.37. The molecular formula is C14H8ClN3O3S. The number of nitrogens with one attached hydrogen (secondary N) is 1. The fraction of sp³-hybridized carbons (Fsp3) is 0. The minimum Gasteiger partial charge on any atom is -0.478 e. The first-order valence-corrected chi connectivity index (χ1v) is 7.29. The molecule has 0 saturated carbocycles. The molecule has 0 bridgehead atoms. The first kappa shape index (κ1) is 14.4. The van der Waals surface area contributed by atoms with Gasteiger partial charge in [-0.3, -0.25) is 10.1 Å². The van der Waals surface area contributed by atoms with Crippen LogP contribution < -0.4 is 5.32 Å². The summed E-state index contributed by atoms with van der Waals surface area (Å²) in [5, 5.41) is 12.2. The molecular weight excluding hydrogens is 326 g/mol. The third-order valence-corrected chi connectivity index (χ3v) is 3.98. The molecule has 0 radical (unpaired) electrons. The maximum Gasteiger partial charge on any atom is 0.335 e. The first-order valence-electron chi connectivity index (χ1n) is 6.10. The van der Waals surface area contributed by atoms with Crippen molar-refractivity contribution in [1.82, 2.24) is 9.97 Å². The van der Waals surface area contributed by atoms with Crippen LogP contribution in [0.3, 0.4) is 0 Å². The van der Waals surface area contributed by atoms with Gasteiger partial charge in [0.15, 0.2) is 5.13 Å². The second-order valence-electron chi connectivity index (χ2n) is 4.33. The molecule has 3 rings (SSSR count). The Kier molecular flexibility index (Phi) is 3.74. The highest BCUT2D eigenvalue weighted by Crippen LogP contribution is 2.27. The number of benzene rings is 1. The van der Waals surface area contributed by atoms with Crippen LogP contribution in [0, 0.1) is 0 Å². The van der Waals surface area contributed by atoms with Crippen molar-refractivity contribution >= 4 is 50.2 Å². The Bertz CT molecular complexity index is 894. The van der Waals surface area contributed by atoms with Crippen LogP contribution in [0.4, 0.5) is 5.13 Å². The van der Waals surface area contributed by atoms with E-state index in [0.29, 0.717) is 20.9 Å². The van der Waals surface area contributed by atoms with E-state index in [2.05, 4.69) is 15.3 Å². The Morgan fingerprint density at radius 1 is 1.18 bits per heavy atom. The third kappa shape index (κ3) is 2.90. The van der Waals surface area contributed by atoms with Gasteiger partial charge in [-0.15, -0.1) is 0 Å². The van der Waals surface area contributed by atoms with Crippen LogP contribution in [0.15, 0.2) is 36.5 Å². The number of carboxylic acids is 1. The van der Waals surface area contributed by atoms with E-state index in [4.69, 9.17) is 16.7 Å². The van der Waals surface area contributed by atoms with Gasteiger partial charge in [0.2, 0.25) is 0 Å². The summed E-state index contributed by atoms with van der Waals surface area (Å²) >= 11 is 6.94. The van der Waals surface area contributed by atoms with E-state index in [1.165, 1.54) is 41.8 Å². The van der Waals surface area contributed by atoms with E-state index in [1.807, 2.05) is 0 Å². The molecule has 110 valence electrons. The molecule has 1 aromatic carbocycles. The molecule has 0 aliphatic rings. The molecule has 0 unspecified atom stereocenters. The number of aromatic nitrogens is 2. The number of amides is 1. The van der Waals surface area contributed by atoms with Gasteiger partial charge in [0.05, 0.1) is 15.8 Å². The van der Waals surface area contributed by atoms with Gasteiger partial charge in [-0.05, 0) is 30.3 Å². The van der Waals surface area contributed by atoms with Crippen LogP contribution in [0.2, 0.25) is 5.15 Å². The van der Waals surface area contributed by atoms with E-state index in [9.17, 15) is 9.59 Å². The lowest BCUT2D eigenvalue weighted by atomic mass is 10.2. The number of halogens is 1. The zero-order valence-corrected chi connectivity index (χ0v) is 12.5. The van der Waals surface area contributed by atoms with Gasteiger partial charge in [-0.1, -0.05) is 22.9 Å². The standard InChI is InChI=1S/C14H8ClN3O3S/c15-11-6-7(3-4-16-11)12(19)18-14-17-9-2-1-8(13(20)21)5-10(9)22-14/h1-6H,(H,20,21)(H,17,18,19). The van der Waals surface area contributed by atoms with Crippen molar-refractivity contribution in [3.05, 3.63) is 52.8 Å². The highest BCUT2D eigenvalue weighted by atomic mass is 35.5. The number of hydrogen-bond acceptors (Lipinski definition) is 5. The highest BCUT2D eigenvalue weighted by molar-refractivity contribution is 7.22. The zero-order valence-electron chi connectivity index (χ0n) is 10.9. The topological polar surface area (TPSA) is 92.2 Å². The van der Waals surface area contributed by atoms with Gasteiger partial charge in [0.25, 0.3) is 5.91 Å². The normalized spacial score (nSPS) is 10.6. The molecule has 2 N–H and O–H groups in total. The fourth-order valence-corrected chi connectivity index (χ4v) is 2.90. The number of pyridine rings is 1. The molecule has 1 amide bonds. The number of rotatable bonds is 3.